The van der Waals surface area contributed by atoms with Crippen molar-refractivity contribution in [2.24, 2.45) is 0 Å². The van der Waals surface area contributed by atoms with Crippen LogP contribution >= 0.6 is 22.6 Å². The molecule has 0 bridgehead atoms. The van der Waals surface area contributed by atoms with Crippen LogP contribution in [-0.2, 0) is 18.5 Å². The second-order valence-corrected chi connectivity index (χ2v) is 6.30. The van der Waals surface area contributed by atoms with Crippen molar-refractivity contribution in [3.8, 4) is 0 Å². The van der Waals surface area contributed by atoms with E-state index in [1.165, 1.54) is 4.98 Å². The zero-order valence-corrected chi connectivity index (χ0v) is 16.8. The highest BCUT2D eigenvalue weighted by molar-refractivity contribution is 14.1. The van der Waals surface area contributed by atoms with Gasteiger partial charge in [-0.1, -0.05) is 0 Å². The molecule has 0 radical (unpaired) electrons. The Bertz CT molecular complexity index is 1130. The molecule has 2 aromatic heterocycles. The van der Waals surface area contributed by atoms with Crippen molar-refractivity contribution in [2.75, 3.05) is 0 Å². The minimum atomic E-state index is -5.51. The van der Waals surface area contributed by atoms with Gasteiger partial charge in [0.15, 0.2) is 0 Å². The molecule has 21 heteroatoms. The average Bonchev–Trinajstić information content (AvgIpc) is 2.49. The van der Waals surface area contributed by atoms with Crippen molar-refractivity contribution >= 4 is 22.6 Å². The molecule has 0 aliphatic heterocycles. The van der Waals surface area contributed by atoms with Crippen LogP contribution in [0.25, 0.3) is 0 Å². The molecular weight excluding hydrogens is 619 g/mol. The number of rotatable bonds is 0. The van der Waals surface area contributed by atoms with Crippen molar-refractivity contribution in [3.63, 3.8) is 0 Å². The van der Waals surface area contributed by atoms with E-state index in [0.29, 0.717) is 22.6 Å². The summed E-state index contributed by atoms with van der Waals surface area (Å²) in [5, 5.41) is 0. The maximum Gasteiger partial charge on any atom is 0.441 e. The Morgan fingerprint density at radius 3 is 1.36 bits per heavy atom. The van der Waals surface area contributed by atoms with E-state index in [-0.39, 0.29) is 6.07 Å². The molecule has 0 unspecified atom stereocenters. The van der Waals surface area contributed by atoms with Gasteiger partial charge in [-0.25, -0.2) is 9.59 Å². The maximum atomic E-state index is 12.1. The lowest BCUT2D eigenvalue weighted by atomic mass is 10.2. The molecule has 4 N–H and O–H groups in total. The van der Waals surface area contributed by atoms with Crippen molar-refractivity contribution < 1.29 is 52.7 Å². The molecule has 0 saturated heterocycles. The lowest BCUT2D eigenvalue weighted by Crippen LogP contribution is -2.35. The average molecular weight is 624 g/mol. The van der Waals surface area contributed by atoms with Gasteiger partial charge in [0, 0.05) is 28.7 Å². The smallest absolute Gasteiger partial charge is 0.303 e. The van der Waals surface area contributed by atoms with Gasteiger partial charge in [0.05, 0.1) is 0 Å². The summed E-state index contributed by atoms with van der Waals surface area (Å²) in [6, 6.07) is 0.279. The number of nitrogens with one attached hydrogen (secondary N) is 4. The number of alkyl halides is 13. The van der Waals surface area contributed by atoms with Crippen LogP contribution in [0.15, 0.2) is 25.2 Å². The van der Waals surface area contributed by atoms with Gasteiger partial charge < -0.3 is 9.97 Å². The van der Waals surface area contributed by atoms with E-state index in [9.17, 15) is 71.9 Å². The molecule has 188 valence electrons. The van der Waals surface area contributed by atoms with Gasteiger partial charge in [-0.3, -0.25) is 19.6 Å². The Morgan fingerprint density at radius 2 is 1.03 bits per heavy atom. The number of halogens is 13. The number of hydrogen-bond acceptors (Lipinski definition) is 4. The molecule has 2 rings (SSSR count). The highest BCUT2D eigenvalue weighted by atomic mass is 127. The third-order valence-corrected chi connectivity index (χ3v) is 2.58. The van der Waals surface area contributed by atoms with Crippen molar-refractivity contribution in [1.29, 1.82) is 0 Å². The van der Waals surface area contributed by atoms with Gasteiger partial charge >= 0.3 is 34.1 Å². The predicted molar refractivity (Wildman–Crippen MR) is 90.4 cm³/mol. The maximum absolute atomic E-state index is 12.1. The molecule has 0 aliphatic carbocycles. The summed E-state index contributed by atoms with van der Waals surface area (Å²) in [5.74, 6) is 0. The zero-order valence-electron chi connectivity index (χ0n) is 14.6. The molecule has 0 fully saturated rings. The van der Waals surface area contributed by atoms with E-state index in [0.717, 1.165) is 9.97 Å². The van der Waals surface area contributed by atoms with E-state index in [4.69, 9.17) is 0 Å². The minimum absolute atomic E-state index is 0.279. The molecule has 0 atom stereocenters. The second kappa shape index (κ2) is 10.5. The van der Waals surface area contributed by atoms with Crippen LogP contribution in [0.5, 0.6) is 0 Å². The molecule has 2 heterocycles. The van der Waals surface area contributed by atoms with Crippen LogP contribution < -0.4 is 22.5 Å². The van der Waals surface area contributed by atoms with Gasteiger partial charge in [0.1, 0.15) is 17.0 Å². The van der Waals surface area contributed by atoms with Crippen molar-refractivity contribution in [2.45, 2.75) is 22.7 Å². The number of aromatic amines is 4. The Balaban J connectivity index is 0.000000530. The van der Waals surface area contributed by atoms with Gasteiger partial charge in [-0.15, -0.1) is 0 Å². The lowest BCUT2D eigenvalue weighted by Gasteiger charge is -2.12. The second-order valence-electron chi connectivity index (χ2n) is 5.08. The van der Waals surface area contributed by atoms with Crippen LogP contribution in [0, 0.1) is 0 Å². The Labute approximate surface area is 183 Å². The SMILES string of the molecule is FC(F)(F)I.O=c1[nH]c(C(F)(F)F)c(C(F)(F)F)c(=O)[nH]1.O=c1cc(C(F)(F)F)[nH]c(=O)[nH]1. The van der Waals surface area contributed by atoms with Crippen molar-refractivity contribution in [1.82, 2.24) is 19.9 Å². The summed E-state index contributed by atoms with van der Waals surface area (Å²) in [5.41, 5.74) is -12.3. The topological polar surface area (TPSA) is 131 Å². The molecular formula is C12H5F12IN4O4. The predicted octanol–water partition coefficient (Wildman–Crippen LogP) is 3.12. The third kappa shape index (κ3) is 11.6. The summed E-state index contributed by atoms with van der Waals surface area (Å²) in [7, 11) is 0. The first-order valence-corrected chi connectivity index (χ1v) is 8.18. The largest absolute Gasteiger partial charge is 0.441 e. The zero-order chi connectivity index (χ0) is 26.6. The van der Waals surface area contributed by atoms with Crippen LogP contribution in [-0.4, -0.2) is 24.1 Å². The quantitative estimate of drug-likeness (QED) is 0.204. The van der Waals surface area contributed by atoms with E-state index >= 15 is 0 Å². The van der Waals surface area contributed by atoms with Gasteiger partial charge in [0.2, 0.25) is 0 Å². The standard InChI is InChI=1S/C6H2F6N2O2.C5H3F3N2O2.CF3I/c7-5(8,9)1-2(6(10,11)12)13-4(16)14-3(1)15;6-5(7,8)2-1-3(11)10-4(12)9-2;2-1(3,4)5/h(H2,13,14,15,16);1H,(H2,9,10,11,12);. The van der Waals surface area contributed by atoms with E-state index in [1.807, 2.05) is 0 Å². The monoisotopic (exact) mass is 624 g/mol. The first-order chi connectivity index (χ1) is 14.4. The van der Waals surface area contributed by atoms with Crippen LogP contribution in [0.1, 0.15) is 17.0 Å². The Hall–Kier alpha value is -2.75. The van der Waals surface area contributed by atoms with Crippen LogP contribution in [0.3, 0.4) is 0 Å². The molecule has 0 aliphatic rings. The van der Waals surface area contributed by atoms with Gasteiger partial charge in [-0.2, -0.15) is 52.7 Å². The molecule has 0 spiro atoms. The van der Waals surface area contributed by atoms with Gasteiger partial charge in [0.25, 0.3) is 11.1 Å². The molecule has 33 heavy (non-hydrogen) atoms. The normalized spacial score (nSPS) is 12.3. The van der Waals surface area contributed by atoms with Crippen molar-refractivity contribution in [3.05, 3.63) is 64.7 Å². The first kappa shape index (κ1) is 30.2. The summed E-state index contributed by atoms with van der Waals surface area (Å²) < 4.78 is 135. The lowest BCUT2D eigenvalue weighted by molar-refractivity contribution is -0.165. The highest BCUT2D eigenvalue weighted by Gasteiger charge is 2.46. The van der Waals surface area contributed by atoms with E-state index < -0.39 is 62.2 Å². The Morgan fingerprint density at radius 1 is 0.606 bits per heavy atom. The fourth-order valence-electron chi connectivity index (χ4n) is 1.59. The molecule has 8 nitrogen and oxygen atoms in total. The van der Waals surface area contributed by atoms with E-state index in [2.05, 4.69) is 0 Å². The molecule has 2 aromatic rings. The minimum Gasteiger partial charge on any atom is -0.303 e. The van der Waals surface area contributed by atoms with Crippen LogP contribution in [0.2, 0.25) is 0 Å². The number of hydrogen-bond donors (Lipinski definition) is 4. The number of H-pyrrole nitrogens is 4. The molecule has 0 saturated carbocycles. The van der Waals surface area contributed by atoms with Crippen LogP contribution in [0.4, 0.5) is 52.7 Å². The molecule has 0 aromatic carbocycles. The fourth-order valence-corrected chi connectivity index (χ4v) is 1.59. The Kier molecular flexibility index (Phi) is 9.58. The summed E-state index contributed by atoms with van der Waals surface area (Å²) in [4.78, 5) is 46.9. The third-order valence-electron chi connectivity index (χ3n) is 2.58. The van der Waals surface area contributed by atoms with Gasteiger partial charge in [-0.05, 0) is 0 Å². The van der Waals surface area contributed by atoms with E-state index in [1.54, 1.807) is 4.98 Å². The molecule has 0 amide bonds. The first-order valence-electron chi connectivity index (χ1n) is 7.10. The highest BCUT2D eigenvalue weighted by Crippen LogP contribution is 2.36. The summed E-state index contributed by atoms with van der Waals surface area (Å²) >= 11 is 0.378. The fraction of sp³-hybridized carbons (Fsp3) is 0.333. The summed E-state index contributed by atoms with van der Waals surface area (Å²) in [6.07, 6.45) is -15.7. The number of aromatic nitrogens is 4. The summed E-state index contributed by atoms with van der Waals surface area (Å²) in [6.45, 7) is 0.